The topological polar surface area (TPSA) is 44.5 Å². The Morgan fingerprint density at radius 1 is 1.00 bits per heavy atom. The number of benzene rings is 2. The summed E-state index contributed by atoms with van der Waals surface area (Å²) in [6, 6.07) is 11.5. The third-order valence-corrected chi connectivity index (χ3v) is 2.73. The Balaban J connectivity index is 2.40. The summed E-state index contributed by atoms with van der Waals surface area (Å²) in [6.07, 6.45) is 0. The van der Waals surface area contributed by atoms with Gasteiger partial charge in [-0.25, -0.2) is 0 Å². The molecule has 0 aliphatic heterocycles. The van der Waals surface area contributed by atoms with E-state index < -0.39 is 0 Å². The van der Waals surface area contributed by atoms with Gasteiger partial charge in [0, 0.05) is 0 Å². The predicted molar refractivity (Wildman–Crippen MR) is 73.4 cm³/mol. The third kappa shape index (κ3) is 2.40. The number of hydrogen-bond donors (Lipinski definition) is 1. The molecule has 0 radical (unpaired) electrons. The minimum atomic E-state index is 0.637. The summed E-state index contributed by atoms with van der Waals surface area (Å²) in [6.45, 7) is 3.99. The van der Waals surface area contributed by atoms with Crippen LogP contribution in [0, 0.1) is 13.8 Å². The number of aryl methyl sites for hydroxylation is 2. The second-order valence-corrected chi connectivity index (χ2v) is 4.25. The maximum atomic E-state index is 6.00. The lowest BCUT2D eigenvalue weighted by atomic mass is 10.1. The zero-order valence-electron chi connectivity index (χ0n) is 10.9. The van der Waals surface area contributed by atoms with Crippen molar-refractivity contribution in [3.05, 3.63) is 47.5 Å². The molecule has 0 bridgehead atoms. The van der Waals surface area contributed by atoms with Gasteiger partial charge in [-0.2, -0.15) is 0 Å². The molecule has 0 atom stereocenters. The highest BCUT2D eigenvalue weighted by Gasteiger charge is 2.10. The fourth-order valence-corrected chi connectivity index (χ4v) is 1.94. The molecule has 0 unspecified atom stereocenters. The molecule has 18 heavy (non-hydrogen) atoms. The molecule has 0 saturated heterocycles. The summed E-state index contributed by atoms with van der Waals surface area (Å²) in [4.78, 5) is 0. The minimum absolute atomic E-state index is 0.637. The maximum absolute atomic E-state index is 6.00. The number of para-hydroxylation sites is 2. The van der Waals surface area contributed by atoms with Gasteiger partial charge in [-0.1, -0.05) is 18.2 Å². The van der Waals surface area contributed by atoms with Crippen LogP contribution in [0.5, 0.6) is 17.2 Å². The van der Waals surface area contributed by atoms with Crippen molar-refractivity contribution in [2.75, 3.05) is 12.8 Å². The Labute approximate surface area is 107 Å². The maximum Gasteiger partial charge on any atom is 0.169 e. The number of rotatable bonds is 3. The van der Waals surface area contributed by atoms with Crippen molar-refractivity contribution < 1.29 is 9.47 Å². The van der Waals surface area contributed by atoms with Crippen LogP contribution in [0.2, 0.25) is 0 Å². The van der Waals surface area contributed by atoms with Crippen molar-refractivity contribution in [3.63, 3.8) is 0 Å². The molecular formula is C15H17NO2. The Kier molecular flexibility index (Phi) is 3.42. The smallest absolute Gasteiger partial charge is 0.169 e. The largest absolute Gasteiger partial charge is 0.493 e. The van der Waals surface area contributed by atoms with E-state index in [0.717, 1.165) is 11.1 Å². The summed E-state index contributed by atoms with van der Waals surface area (Å²) < 4.78 is 11.1. The number of hydrogen-bond acceptors (Lipinski definition) is 3. The number of methoxy groups -OCH3 is 1. The Bertz CT molecular complexity index is 541. The van der Waals surface area contributed by atoms with Gasteiger partial charge in [0.1, 0.15) is 0 Å². The van der Waals surface area contributed by atoms with Gasteiger partial charge in [0.15, 0.2) is 17.2 Å². The van der Waals surface area contributed by atoms with E-state index in [4.69, 9.17) is 15.2 Å². The Morgan fingerprint density at radius 3 is 2.28 bits per heavy atom. The van der Waals surface area contributed by atoms with Crippen LogP contribution in [0.3, 0.4) is 0 Å². The van der Waals surface area contributed by atoms with Crippen LogP contribution in [0.1, 0.15) is 11.1 Å². The molecule has 94 valence electrons. The van der Waals surface area contributed by atoms with Crippen LogP contribution in [0.25, 0.3) is 0 Å². The molecule has 0 aromatic heterocycles. The van der Waals surface area contributed by atoms with Crippen molar-refractivity contribution in [1.82, 2.24) is 0 Å². The first kappa shape index (κ1) is 12.3. The van der Waals surface area contributed by atoms with Crippen molar-refractivity contribution in [2.45, 2.75) is 13.8 Å². The monoisotopic (exact) mass is 243 g/mol. The van der Waals surface area contributed by atoms with Crippen LogP contribution in [-0.2, 0) is 0 Å². The summed E-state index contributed by atoms with van der Waals surface area (Å²) in [5.41, 5.74) is 8.77. The van der Waals surface area contributed by atoms with Crippen LogP contribution in [-0.4, -0.2) is 7.11 Å². The van der Waals surface area contributed by atoms with E-state index in [1.807, 2.05) is 50.2 Å². The van der Waals surface area contributed by atoms with Gasteiger partial charge in [0.05, 0.1) is 12.8 Å². The van der Waals surface area contributed by atoms with Crippen LogP contribution >= 0.6 is 0 Å². The van der Waals surface area contributed by atoms with Gasteiger partial charge in [0.2, 0.25) is 0 Å². The first-order valence-corrected chi connectivity index (χ1v) is 5.79. The number of ether oxygens (including phenoxy) is 2. The summed E-state index contributed by atoms with van der Waals surface area (Å²) >= 11 is 0. The zero-order valence-corrected chi connectivity index (χ0v) is 10.9. The summed E-state index contributed by atoms with van der Waals surface area (Å²) in [7, 11) is 1.62. The van der Waals surface area contributed by atoms with Crippen molar-refractivity contribution in [2.24, 2.45) is 0 Å². The molecule has 0 aliphatic rings. The molecule has 2 rings (SSSR count). The standard InChI is InChI=1S/C15H17NO2/c1-10-8-11(2)15(12(16)9-10)18-14-7-5-4-6-13(14)17-3/h4-9H,16H2,1-3H3. The van der Waals surface area contributed by atoms with E-state index in [1.54, 1.807) is 7.11 Å². The van der Waals surface area contributed by atoms with Crippen molar-refractivity contribution in [3.8, 4) is 17.2 Å². The number of nitrogen functional groups attached to an aromatic ring is 1. The minimum Gasteiger partial charge on any atom is -0.493 e. The SMILES string of the molecule is COc1ccccc1Oc1c(C)cc(C)cc1N. The molecule has 0 saturated carbocycles. The predicted octanol–water partition coefficient (Wildman–Crippen LogP) is 3.69. The highest BCUT2D eigenvalue weighted by atomic mass is 16.5. The Morgan fingerprint density at radius 2 is 1.67 bits per heavy atom. The van der Waals surface area contributed by atoms with Gasteiger partial charge in [-0.05, 0) is 43.2 Å². The highest BCUT2D eigenvalue weighted by molar-refractivity contribution is 5.60. The van der Waals surface area contributed by atoms with E-state index in [0.29, 0.717) is 22.9 Å². The van der Waals surface area contributed by atoms with Crippen molar-refractivity contribution >= 4 is 5.69 Å². The van der Waals surface area contributed by atoms with E-state index >= 15 is 0 Å². The van der Waals surface area contributed by atoms with Gasteiger partial charge in [-0.3, -0.25) is 0 Å². The molecule has 0 amide bonds. The molecular weight excluding hydrogens is 226 g/mol. The third-order valence-electron chi connectivity index (χ3n) is 2.73. The summed E-state index contributed by atoms with van der Waals surface area (Å²) in [5.74, 6) is 2.04. The zero-order chi connectivity index (χ0) is 13.1. The molecule has 0 spiro atoms. The number of anilines is 1. The molecule has 2 N–H and O–H groups in total. The van der Waals surface area contributed by atoms with Crippen LogP contribution in [0.15, 0.2) is 36.4 Å². The van der Waals surface area contributed by atoms with Gasteiger partial charge in [-0.15, -0.1) is 0 Å². The first-order valence-electron chi connectivity index (χ1n) is 5.79. The van der Waals surface area contributed by atoms with Crippen molar-refractivity contribution in [1.29, 1.82) is 0 Å². The fraction of sp³-hybridized carbons (Fsp3) is 0.200. The van der Waals surface area contributed by atoms with Gasteiger partial charge >= 0.3 is 0 Å². The van der Waals surface area contributed by atoms with Gasteiger partial charge < -0.3 is 15.2 Å². The lowest BCUT2D eigenvalue weighted by molar-refractivity contribution is 0.378. The molecule has 3 heteroatoms. The van der Waals surface area contributed by atoms with E-state index in [2.05, 4.69) is 0 Å². The summed E-state index contributed by atoms with van der Waals surface area (Å²) in [5, 5.41) is 0. The normalized spacial score (nSPS) is 10.2. The lowest BCUT2D eigenvalue weighted by Crippen LogP contribution is -1.97. The average Bonchev–Trinajstić information content (AvgIpc) is 2.34. The molecule has 0 fully saturated rings. The second kappa shape index (κ2) is 5.00. The molecule has 2 aromatic carbocycles. The van der Waals surface area contributed by atoms with Crippen LogP contribution in [0.4, 0.5) is 5.69 Å². The second-order valence-electron chi connectivity index (χ2n) is 4.25. The van der Waals surface area contributed by atoms with E-state index in [1.165, 1.54) is 0 Å². The molecule has 0 aliphatic carbocycles. The molecule has 3 nitrogen and oxygen atoms in total. The van der Waals surface area contributed by atoms with E-state index in [9.17, 15) is 0 Å². The van der Waals surface area contributed by atoms with Gasteiger partial charge in [0.25, 0.3) is 0 Å². The lowest BCUT2D eigenvalue weighted by Gasteiger charge is -2.14. The quantitative estimate of drug-likeness (QED) is 0.836. The highest BCUT2D eigenvalue weighted by Crippen LogP contribution is 2.36. The first-order chi connectivity index (χ1) is 8.61. The van der Waals surface area contributed by atoms with E-state index in [-0.39, 0.29) is 0 Å². The number of nitrogens with two attached hydrogens (primary N) is 1. The fourth-order valence-electron chi connectivity index (χ4n) is 1.94. The molecule has 2 aromatic rings. The van der Waals surface area contributed by atoms with Crippen LogP contribution < -0.4 is 15.2 Å². The molecule has 0 heterocycles. The average molecular weight is 243 g/mol. The Hall–Kier alpha value is -2.16.